The number of aliphatic hydroxyl groups excluding tert-OH is 1. The molecule has 98 valence electrons. The fraction of sp³-hybridized carbons (Fsp3) is 0.462. The Labute approximate surface area is 112 Å². The molecule has 1 aromatic rings. The SMILES string of the molecule is OCC1CCCN(C(=S)Nc2ccccc2F)C1. The fourth-order valence-corrected chi connectivity index (χ4v) is 2.43. The molecule has 0 bridgehead atoms. The van der Waals surface area contributed by atoms with Crippen molar-refractivity contribution in [3.05, 3.63) is 30.1 Å². The second-order valence-electron chi connectivity index (χ2n) is 4.55. The van der Waals surface area contributed by atoms with E-state index >= 15 is 0 Å². The molecule has 1 heterocycles. The Balaban J connectivity index is 1.97. The van der Waals surface area contributed by atoms with E-state index in [1.54, 1.807) is 18.2 Å². The molecule has 0 aliphatic carbocycles. The summed E-state index contributed by atoms with van der Waals surface area (Å²) in [4.78, 5) is 1.99. The topological polar surface area (TPSA) is 35.5 Å². The van der Waals surface area contributed by atoms with E-state index < -0.39 is 0 Å². The second kappa shape index (κ2) is 6.11. The van der Waals surface area contributed by atoms with Crippen LogP contribution in [-0.2, 0) is 0 Å². The smallest absolute Gasteiger partial charge is 0.173 e. The standard InChI is InChI=1S/C13H17FN2OS/c14-11-5-1-2-6-12(11)15-13(18)16-7-3-4-10(8-16)9-17/h1-2,5-6,10,17H,3-4,7-9H2,(H,15,18). The summed E-state index contributed by atoms with van der Waals surface area (Å²) in [5, 5.41) is 12.6. The maximum Gasteiger partial charge on any atom is 0.173 e. The van der Waals surface area contributed by atoms with E-state index in [2.05, 4.69) is 5.32 Å². The minimum absolute atomic E-state index is 0.179. The molecule has 2 rings (SSSR count). The first kappa shape index (κ1) is 13.2. The molecule has 0 spiro atoms. The summed E-state index contributed by atoms with van der Waals surface area (Å²) < 4.78 is 13.5. The summed E-state index contributed by atoms with van der Waals surface area (Å²) >= 11 is 5.28. The zero-order valence-electron chi connectivity index (χ0n) is 10.1. The van der Waals surface area contributed by atoms with Crippen LogP contribution >= 0.6 is 12.2 Å². The van der Waals surface area contributed by atoms with Gasteiger partial charge in [0.15, 0.2) is 5.11 Å². The van der Waals surface area contributed by atoms with Crippen LogP contribution in [0.3, 0.4) is 0 Å². The number of likely N-dealkylation sites (tertiary alicyclic amines) is 1. The Hall–Kier alpha value is -1.20. The largest absolute Gasteiger partial charge is 0.396 e. The number of piperidine rings is 1. The highest BCUT2D eigenvalue weighted by Gasteiger charge is 2.21. The summed E-state index contributed by atoms with van der Waals surface area (Å²) in [6, 6.07) is 6.47. The Morgan fingerprint density at radius 3 is 3.00 bits per heavy atom. The number of hydrogen-bond donors (Lipinski definition) is 2. The molecular formula is C13H17FN2OS. The minimum Gasteiger partial charge on any atom is -0.396 e. The van der Waals surface area contributed by atoms with Gasteiger partial charge in [-0.1, -0.05) is 12.1 Å². The van der Waals surface area contributed by atoms with Crippen molar-refractivity contribution in [2.75, 3.05) is 25.0 Å². The van der Waals surface area contributed by atoms with Gasteiger partial charge in [-0.3, -0.25) is 0 Å². The number of para-hydroxylation sites is 1. The molecule has 1 saturated heterocycles. The van der Waals surface area contributed by atoms with Gasteiger partial charge < -0.3 is 15.3 Å². The lowest BCUT2D eigenvalue weighted by molar-refractivity contribution is 0.162. The number of hydrogen-bond acceptors (Lipinski definition) is 2. The molecule has 2 N–H and O–H groups in total. The molecule has 3 nitrogen and oxygen atoms in total. The molecule has 1 atom stereocenters. The highest BCUT2D eigenvalue weighted by Crippen LogP contribution is 2.18. The number of nitrogens with one attached hydrogen (secondary N) is 1. The van der Waals surface area contributed by atoms with E-state index in [0.29, 0.717) is 10.8 Å². The predicted molar refractivity (Wildman–Crippen MR) is 74.0 cm³/mol. The summed E-state index contributed by atoms with van der Waals surface area (Å²) in [5.74, 6) is -0.0466. The van der Waals surface area contributed by atoms with Crippen LogP contribution in [0.15, 0.2) is 24.3 Å². The van der Waals surface area contributed by atoms with Crippen molar-refractivity contribution in [3.8, 4) is 0 Å². The first-order chi connectivity index (χ1) is 8.70. The molecule has 0 amide bonds. The number of benzene rings is 1. The first-order valence-corrected chi connectivity index (χ1v) is 6.53. The third-order valence-corrected chi connectivity index (χ3v) is 3.54. The summed E-state index contributed by atoms with van der Waals surface area (Å²) in [6.45, 7) is 1.77. The second-order valence-corrected chi connectivity index (χ2v) is 4.93. The van der Waals surface area contributed by atoms with Crippen molar-refractivity contribution in [1.29, 1.82) is 0 Å². The van der Waals surface area contributed by atoms with Crippen LogP contribution in [0.1, 0.15) is 12.8 Å². The first-order valence-electron chi connectivity index (χ1n) is 6.12. The quantitative estimate of drug-likeness (QED) is 0.806. The molecule has 0 radical (unpaired) electrons. The van der Waals surface area contributed by atoms with E-state index in [0.717, 1.165) is 25.9 Å². The van der Waals surface area contributed by atoms with Crippen LogP contribution in [0.2, 0.25) is 0 Å². The number of thiocarbonyl (C=S) groups is 1. The van der Waals surface area contributed by atoms with Gasteiger partial charge in [-0.2, -0.15) is 0 Å². The number of anilines is 1. The van der Waals surface area contributed by atoms with Crippen LogP contribution in [0.4, 0.5) is 10.1 Å². The molecule has 0 saturated carbocycles. The number of rotatable bonds is 2. The summed E-state index contributed by atoms with van der Waals surface area (Å²) in [6.07, 6.45) is 2.03. The third-order valence-electron chi connectivity index (χ3n) is 3.18. The third kappa shape index (κ3) is 3.17. The lowest BCUT2D eigenvalue weighted by Crippen LogP contribution is -2.43. The van der Waals surface area contributed by atoms with Crippen molar-refractivity contribution in [3.63, 3.8) is 0 Å². The van der Waals surface area contributed by atoms with Gasteiger partial charge >= 0.3 is 0 Å². The Morgan fingerprint density at radius 2 is 2.28 bits per heavy atom. The molecular weight excluding hydrogens is 251 g/mol. The van der Waals surface area contributed by atoms with E-state index in [-0.39, 0.29) is 18.3 Å². The van der Waals surface area contributed by atoms with Gasteiger partial charge in [0.2, 0.25) is 0 Å². The van der Waals surface area contributed by atoms with Crippen LogP contribution < -0.4 is 5.32 Å². The number of halogens is 1. The normalized spacial score (nSPS) is 19.7. The van der Waals surface area contributed by atoms with E-state index in [1.165, 1.54) is 6.07 Å². The highest BCUT2D eigenvalue weighted by atomic mass is 32.1. The van der Waals surface area contributed by atoms with Crippen LogP contribution in [-0.4, -0.2) is 34.8 Å². The average Bonchev–Trinajstić information content (AvgIpc) is 2.41. The van der Waals surface area contributed by atoms with Crippen molar-refractivity contribution in [1.82, 2.24) is 4.90 Å². The van der Waals surface area contributed by atoms with Crippen molar-refractivity contribution < 1.29 is 9.50 Å². The Kier molecular flexibility index (Phi) is 4.49. The minimum atomic E-state index is -0.310. The highest BCUT2D eigenvalue weighted by molar-refractivity contribution is 7.80. The maximum absolute atomic E-state index is 13.5. The van der Waals surface area contributed by atoms with Crippen LogP contribution in [0.5, 0.6) is 0 Å². The maximum atomic E-state index is 13.5. The molecule has 0 aromatic heterocycles. The van der Waals surface area contributed by atoms with E-state index in [9.17, 15) is 9.50 Å². The molecule has 1 aliphatic heterocycles. The van der Waals surface area contributed by atoms with Gasteiger partial charge in [-0.05, 0) is 43.1 Å². The molecule has 18 heavy (non-hydrogen) atoms. The zero-order valence-corrected chi connectivity index (χ0v) is 10.9. The monoisotopic (exact) mass is 268 g/mol. The average molecular weight is 268 g/mol. The fourth-order valence-electron chi connectivity index (χ4n) is 2.16. The predicted octanol–water partition coefficient (Wildman–Crippen LogP) is 2.23. The molecule has 1 aliphatic rings. The van der Waals surface area contributed by atoms with E-state index in [1.807, 2.05) is 4.90 Å². The summed E-state index contributed by atoms with van der Waals surface area (Å²) in [7, 11) is 0. The van der Waals surface area contributed by atoms with Crippen molar-refractivity contribution in [2.45, 2.75) is 12.8 Å². The summed E-state index contributed by atoms with van der Waals surface area (Å²) in [5.41, 5.74) is 0.397. The van der Waals surface area contributed by atoms with Gasteiger partial charge in [0.05, 0.1) is 5.69 Å². The zero-order chi connectivity index (χ0) is 13.0. The van der Waals surface area contributed by atoms with Crippen LogP contribution in [0, 0.1) is 11.7 Å². The molecule has 1 fully saturated rings. The van der Waals surface area contributed by atoms with Crippen LogP contribution in [0.25, 0.3) is 0 Å². The Bertz CT molecular complexity index is 427. The lowest BCUT2D eigenvalue weighted by Gasteiger charge is -2.33. The van der Waals surface area contributed by atoms with E-state index in [4.69, 9.17) is 12.2 Å². The molecule has 1 unspecified atom stereocenters. The molecule has 5 heteroatoms. The van der Waals surface area contributed by atoms with Crippen molar-refractivity contribution in [2.24, 2.45) is 5.92 Å². The van der Waals surface area contributed by atoms with Crippen molar-refractivity contribution >= 4 is 23.0 Å². The van der Waals surface area contributed by atoms with Gasteiger partial charge in [-0.15, -0.1) is 0 Å². The van der Waals surface area contributed by atoms with Gasteiger partial charge in [0.1, 0.15) is 5.82 Å². The lowest BCUT2D eigenvalue weighted by atomic mass is 9.99. The Morgan fingerprint density at radius 1 is 1.50 bits per heavy atom. The molecule has 1 aromatic carbocycles. The van der Waals surface area contributed by atoms with Gasteiger partial charge in [0, 0.05) is 19.7 Å². The number of nitrogens with zero attached hydrogens (tertiary/aromatic N) is 1. The number of aliphatic hydroxyl groups is 1. The van der Waals surface area contributed by atoms with Gasteiger partial charge in [-0.25, -0.2) is 4.39 Å². The van der Waals surface area contributed by atoms with Gasteiger partial charge in [0.25, 0.3) is 0 Å².